The van der Waals surface area contributed by atoms with Gasteiger partial charge in [0.15, 0.2) is 6.23 Å². The van der Waals surface area contributed by atoms with Crippen LogP contribution in [0, 0.1) is 0 Å². The Hall–Kier alpha value is -1.13. The molecule has 0 spiro atoms. The highest BCUT2D eigenvalue weighted by Gasteiger charge is 2.10. The second kappa shape index (κ2) is 9.75. The van der Waals surface area contributed by atoms with Crippen LogP contribution in [0.3, 0.4) is 0 Å². The van der Waals surface area contributed by atoms with Gasteiger partial charge in [-0.2, -0.15) is 0 Å². The van der Waals surface area contributed by atoms with Gasteiger partial charge in [0.05, 0.1) is 0 Å². The average molecular weight is 265 g/mol. The molecule has 2 atom stereocenters. The highest BCUT2D eigenvalue weighted by Crippen LogP contribution is 2.04. The van der Waals surface area contributed by atoms with Crippen molar-refractivity contribution in [2.45, 2.75) is 58.2 Å². The molecule has 1 rings (SSSR count). The summed E-state index contributed by atoms with van der Waals surface area (Å²) in [7, 11) is 0. The monoisotopic (exact) mass is 265 g/mol. The number of aliphatic imine (C=N–C) groups is 1. The van der Waals surface area contributed by atoms with E-state index in [0.717, 1.165) is 18.8 Å². The summed E-state index contributed by atoms with van der Waals surface area (Å²) in [4.78, 5) is 9.48. The zero-order chi connectivity index (χ0) is 13.9. The van der Waals surface area contributed by atoms with E-state index >= 15 is 0 Å². The topological polar surface area (TPSA) is 45.7 Å². The van der Waals surface area contributed by atoms with Crippen LogP contribution in [0.4, 0.5) is 0 Å². The van der Waals surface area contributed by atoms with Crippen LogP contribution >= 0.6 is 0 Å². The van der Waals surface area contributed by atoms with Crippen LogP contribution < -0.4 is 10.8 Å². The molecule has 0 fully saturated rings. The molecular weight excluding hydrogens is 238 g/mol. The fraction of sp³-hybridized carbons (Fsp3) is 0.667. The van der Waals surface area contributed by atoms with Crippen LogP contribution in [0.2, 0.25) is 0 Å². The van der Waals surface area contributed by atoms with Gasteiger partial charge in [-0.15, -0.1) is 6.58 Å². The van der Waals surface area contributed by atoms with E-state index in [1.165, 1.54) is 25.7 Å². The molecule has 0 radical (unpaired) electrons. The van der Waals surface area contributed by atoms with Crippen LogP contribution in [0.5, 0.6) is 0 Å². The number of rotatable bonds is 10. The van der Waals surface area contributed by atoms with Crippen molar-refractivity contribution in [3.63, 3.8) is 0 Å². The smallest absolute Gasteiger partial charge is 0.195 e. The lowest BCUT2D eigenvalue weighted by atomic mass is 10.1. The van der Waals surface area contributed by atoms with E-state index in [1.807, 2.05) is 19.1 Å². The van der Waals surface area contributed by atoms with E-state index in [2.05, 4.69) is 35.4 Å². The Morgan fingerprint density at radius 1 is 1.47 bits per heavy atom. The molecule has 0 saturated heterocycles. The predicted molar refractivity (Wildman–Crippen MR) is 81.0 cm³/mol. The molecule has 19 heavy (non-hydrogen) atoms. The van der Waals surface area contributed by atoms with E-state index in [0.29, 0.717) is 6.04 Å². The van der Waals surface area contributed by atoms with Crippen molar-refractivity contribution in [1.29, 1.82) is 0 Å². The van der Waals surface area contributed by atoms with Gasteiger partial charge in [-0.05, 0) is 32.4 Å². The van der Waals surface area contributed by atoms with E-state index in [4.69, 9.17) is 4.84 Å². The maximum absolute atomic E-state index is 5.22. The van der Waals surface area contributed by atoms with Crippen molar-refractivity contribution in [3.8, 4) is 0 Å². The molecule has 2 unspecified atom stereocenters. The summed E-state index contributed by atoms with van der Waals surface area (Å²) in [5.41, 5.74) is 2.74. The summed E-state index contributed by atoms with van der Waals surface area (Å²) in [6.45, 7) is 9.05. The first-order valence-corrected chi connectivity index (χ1v) is 7.25. The van der Waals surface area contributed by atoms with Crippen molar-refractivity contribution in [3.05, 3.63) is 24.8 Å². The molecule has 1 aliphatic rings. The maximum atomic E-state index is 5.22. The summed E-state index contributed by atoms with van der Waals surface area (Å²) in [5, 5.41) is 3.50. The van der Waals surface area contributed by atoms with Crippen molar-refractivity contribution in [1.82, 2.24) is 10.8 Å². The lowest BCUT2D eigenvalue weighted by Crippen LogP contribution is -2.27. The first-order valence-electron chi connectivity index (χ1n) is 7.25. The Balaban J connectivity index is 2.14. The van der Waals surface area contributed by atoms with Gasteiger partial charge >= 0.3 is 0 Å². The predicted octanol–water partition coefficient (Wildman–Crippen LogP) is 2.94. The van der Waals surface area contributed by atoms with Gasteiger partial charge in [-0.1, -0.05) is 38.3 Å². The first-order chi connectivity index (χ1) is 9.26. The minimum Gasteiger partial charge on any atom is -0.310 e. The van der Waals surface area contributed by atoms with Gasteiger partial charge in [-0.3, -0.25) is 5.48 Å². The summed E-state index contributed by atoms with van der Waals surface area (Å²) in [6, 6.07) is 0.331. The lowest BCUT2D eigenvalue weighted by molar-refractivity contribution is 0.0672. The molecule has 0 aliphatic carbocycles. The van der Waals surface area contributed by atoms with Gasteiger partial charge in [0.25, 0.3) is 0 Å². The van der Waals surface area contributed by atoms with Crippen molar-refractivity contribution in [2.24, 2.45) is 4.99 Å². The van der Waals surface area contributed by atoms with E-state index in [9.17, 15) is 0 Å². The SMILES string of the molecule is C=CC(C/C=C/C1N=C(C)NO1)NCCCCCC. The number of nitrogens with zero attached hydrogens (tertiary/aromatic N) is 1. The third-order valence-electron chi connectivity index (χ3n) is 3.06. The largest absolute Gasteiger partial charge is 0.310 e. The molecule has 0 saturated carbocycles. The Morgan fingerprint density at radius 2 is 2.32 bits per heavy atom. The number of nitrogens with one attached hydrogen (secondary N) is 2. The normalized spacial score (nSPS) is 20.3. The van der Waals surface area contributed by atoms with Gasteiger partial charge < -0.3 is 5.32 Å². The van der Waals surface area contributed by atoms with E-state index < -0.39 is 0 Å². The Bertz CT molecular complexity index is 313. The lowest BCUT2D eigenvalue weighted by Gasteiger charge is -2.12. The van der Waals surface area contributed by atoms with Gasteiger partial charge in [0.2, 0.25) is 0 Å². The fourth-order valence-corrected chi connectivity index (χ4v) is 1.92. The first kappa shape index (κ1) is 15.9. The Labute approximate surface area is 117 Å². The molecule has 4 heteroatoms. The number of hydroxylamine groups is 1. The second-order valence-corrected chi connectivity index (χ2v) is 4.85. The number of hydrogen-bond acceptors (Lipinski definition) is 4. The quantitative estimate of drug-likeness (QED) is 0.471. The minimum absolute atomic E-state index is 0.185. The molecule has 108 valence electrons. The number of amidine groups is 1. The van der Waals surface area contributed by atoms with E-state index in [1.54, 1.807) is 0 Å². The summed E-state index contributed by atoms with van der Waals surface area (Å²) >= 11 is 0. The molecule has 1 heterocycles. The van der Waals surface area contributed by atoms with Crippen LogP contribution in [0.1, 0.15) is 46.0 Å². The van der Waals surface area contributed by atoms with Crippen LogP contribution in [0.25, 0.3) is 0 Å². The third kappa shape index (κ3) is 7.13. The van der Waals surface area contributed by atoms with Crippen LogP contribution in [-0.4, -0.2) is 24.7 Å². The second-order valence-electron chi connectivity index (χ2n) is 4.85. The molecule has 0 aromatic carbocycles. The van der Waals surface area contributed by atoms with Crippen molar-refractivity contribution >= 4 is 5.84 Å². The Kier molecular flexibility index (Phi) is 8.18. The van der Waals surface area contributed by atoms with Crippen molar-refractivity contribution < 1.29 is 4.84 Å². The molecule has 1 aliphatic heterocycles. The minimum atomic E-state index is -0.185. The molecule has 0 aromatic rings. The molecule has 4 nitrogen and oxygen atoms in total. The Morgan fingerprint density at radius 3 is 2.95 bits per heavy atom. The average Bonchev–Trinajstić information content (AvgIpc) is 2.82. The van der Waals surface area contributed by atoms with Crippen LogP contribution in [0.15, 0.2) is 29.8 Å². The molecule has 0 aromatic heterocycles. The summed E-state index contributed by atoms with van der Waals surface area (Å²) < 4.78 is 0. The summed E-state index contributed by atoms with van der Waals surface area (Å²) in [5.74, 6) is 0.823. The number of unbranched alkanes of at least 4 members (excludes halogenated alkanes) is 3. The fourth-order valence-electron chi connectivity index (χ4n) is 1.92. The molecule has 2 N–H and O–H groups in total. The molecule has 0 bridgehead atoms. The molecule has 0 amide bonds. The standard InChI is InChI=1S/C15H27N3O/c1-4-6-7-8-12-16-14(5-2)10-9-11-15-17-13(3)18-19-15/h5,9,11,14-16H,2,4,6-8,10,12H2,1,3H3,(H,17,18)/b11-9+. The summed E-state index contributed by atoms with van der Waals surface area (Å²) in [6.07, 6.45) is 11.9. The maximum Gasteiger partial charge on any atom is 0.195 e. The zero-order valence-electron chi connectivity index (χ0n) is 12.2. The van der Waals surface area contributed by atoms with Gasteiger partial charge in [0, 0.05) is 6.04 Å². The highest BCUT2D eigenvalue weighted by atomic mass is 16.7. The number of hydrogen-bond donors (Lipinski definition) is 2. The third-order valence-corrected chi connectivity index (χ3v) is 3.06. The van der Waals surface area contributed by atoms with Crippen LogP contribution in [-0.2, 0) is 4.84 Å². The highest BCUT2D eigenvalue weighted by molar-refractivity contribution is 5.79. The zero-order valence-corrected chi connectivity index (χ0v) is 12.2. The van der Waals surface area contributed by atoms with Gasteiger partial charge in [-0.25, -0.2) is 9.83 Å². The van der Waals surface area contributed by atoms with Gasteiger partial charge in [0.1, 0.15) is 5.84 Å². The molecular formula is C15H27N3O. The van der Waals surface area contributed by atoms with E-state index in [-0.39, 0.29) is 6.23 Å². The van der Waals surface area contributed by atoms with Crippen molar-refractivity contribution in [2.75, 3.05) is 6.54 Å².